The second kappa shape index (κ2) is 4.62. The van der Waals surface area contributed by atoms with Gasteiger partial charge in [0, 0.05) is 18.0 Å². The second-order valence-corrected chi connectivity index (χ2v) is 3.44. The minimum Gasteiger partial charge on any atom is -0.478 e. The summed E-state index contributed by atoms with van der Waals surface area (Å²) in [7, 11) is 0. The van der Waals surface area contributed by atoms with Crippen LogP contribution in [0.2, 0.25) is 0 Å². The minimum absolute atomic E-state index is 0.138. The third-order valence-corrected chi connectivity index (χ3v) is 2.29. The molecule has 0 bridgehead atoms. The Morgan fingerprint density at radius 2 is 1.83 bits per heavy atom. The molecule has 90 valence electrons. The van der Waals surface area contributed by atoms with Crippen LogP contribution in [0.5, 0.6) is 0 Å². The Labute approximate surface area is 102 Å². The first kappa shape index (κ1) is 11.7. The summed E-state index contributed by atoms with van der Waals surface area (Å²) in [4.78, 5) is 29.6. The molecule has 0 spiro atoms. The summed E-state index contributed by atoms with van der Waals surface area (Å²) in [6.07, 6.45) is 2.72. The van der Waals surface area contributed by atoms with Gasteiger partial charge < -0.3 is 10.2 Å². The van der Waals surface area contributed by atoms with Gasteiger partial charge >= 0.3 is 11.9 Å². The number of carboxylic acid groups (broad SMARTS) is 2. The summed E-state index contributed by atoms with van der Waals surface area (Å²) in [5, 5.41) is 17.9. The molecule has 0 fully saturated rings. The van der Waals surface area contributed by atoms with Crippen LogP contribution in [-0.4, -0.2) is 32.1 Å². The number of nitrogens with zero attached hydrogens (tertiary/aromatic N) is 2. The van der Waals surface area contributed by atoms with Crippen LogP contribution >= 0.6 is 0 Å². The molecule has 2 rings (SSSR count). The lowest BCUT2D eigenvalue weighted by Gasteiger charge is -2.05. The SMILES string of the molecule is O=C(O)c1cc(C(=O)O)c(-c2ccccn2)cn1. The Hall–Kier alpha value is -2.76. The number of rotatable bonds is 3. The zero-order valence-corrected chi connectivity index (χ0v) is 9.07. The summed E-state index contributed by atoms with van der Waals surface area (Å²) in [6.45, 7) is 0. The molecule has 0 atom stereocenters. The fourth-order valence-corrected chi connectivity index (χ4v) is 1.48. The minimum atomic E-state index is -1.27. The highest BCUT2D eigenvalue weighted by atomic mass is 16.4. The summed E-state index contributed by atoms with van der Waals surface area (Å²) >= 11 is 0. The number of carboxylic acids is 2. The Morgan fingerprint density at radius 1 is 1.06 bits per heavy atom. The summed E-state index contributed by atoms with van der Waals surface area (Å²) in [5.41, 5.74) is 0.264. The highest BCUT2D eigenvalue weighted by Crippen LogP contribution is 2.21. The topological polar surface area (TPSA) is 100 Å². The van der Waals surface area contributed by atoms with Crippen LogP contribution in [0.15, 0.2) is 36.7 Å². The van der Waals surface area contributed by atoms with E-state index in [1.165, 1.54) is 12.4 Å². The molecule has 0 amide bonds. The molecule has 0 aliphatic heterocycles. The number of aromatic carboxylic acids is 2. The normalized spacial score (nSPS) is 10.0. The molecule has 2 aromatic heterocycles. The van der Waals surface area contributed by atoms with Crippen LogP contribution in [0.1, 0.15) is 20.8 Å². The van der Waals surface area contributed by atoms with Crippen LogP contribution in [-0.2, 0) is 0 Å². The first-order valence-electron chi connectivity index (χ1n) is 4.97. The van der Waals surface area contributed by atoms with E-state index in [-0.39, 0.29) is 16.8 Å². The molecule has 0 radical (unpaired) electrons. The van der Waals surface area contributed by atoms with E-state index in [0.29, 0.717) is 5.69 Å². The smallest absolute Gasteiger partial charge is 0.354 e. The van der Waals surface area contributed by atoms with Crippen molar-refractivity contribution in [3.05, 3.63) is 47.9 Å². The van der Waals surface area contributed by atoms with Crippen molar-refractivity contribution in [2.24, 2.45) is 0 Å². The van der Waals surface area contributed by atoms with Crippen LogP contribution in [0.3, 0.4) is 0 Å². The molecule has 0 unspecified atom stereocenters. The van der Waals surface area contributed by atoms with Crippen molar-refractivity contribution in [3.8, 4) is 11.3 Å². The van der Waals surface area contributed by atoms with E-state index in [2.05, 4.69) is 9.97 Å². The molecule has 6 heteroatoms. The Kier molecular flexibility index (Phi) is 3.01. The van der Waals surface area contributed by atoms with Gasteiger partial charge in [0.05, 0.1) is 11.3 Å². The molecule has 2 heterocycles. The second-order valence-electron chi connectivity index (χ2n) is 3.44. The Morgan fingerprint density at radius 3 is 2.39 bits per heavy atom. The van der Waals surface area contributed by atoms with Gasteiger partial charge in [0.25, 0.3) is 0 Å². The van der Waals surface area contributed by atoms with Crippen molar-refractivity contribution < 1.29 is 19.8 Å². The fraction of sp³-hybridized carbons (Fsp3) is 0. The standard InChI is InChI=1S/C12H8N2O4/c15-11(16)7-5-10(12(17)18)14-6-8(7)9-3-1-2-4-13-9/h1-6H,(H,15,16)(H,17,18). The molecule has 0 aliphatic rings. The first-order valence-corrected chi connectivity index (χ1v) is 4.97. The average molecular weight is 244 g/mol. The van der Waals surface area contributed by atoms with Gasteiger partial charge in [-0.3, -0.25) is 4.98 Å². The zero-order chi connectivity index (χ0) is 13.1. The third kappa shape index (κ3) is 2.17. The van der Waals surface area contributed by atoms with Gasteiger partial charge in [-0.15, -0.1) is 0 Å². The first-order chi connectivity index (χ1) is 8.59. The van der Waals surface area contributed by atoms with Crippen LogP contribution < -0.4 is 0 Å². The lowest BCUT2D eigenvalue weighted by atomic mass is 10.1. The highest BCUT2D eigenvalue weighted by molar-refractivity contribution is 5.98. The van der Waals surface area contributed by atoms with Crippen LogP contribution in [0.4, 0.5) is 0 Å². The van der Waals surface area contributed by atoms with E-state index in [1.54, 1.807) is 18.2 Å². The molecule has 0 aromatic carbocycles. The zero-order valence-electron chi connectivity index (χ0n) is 9.07. The quantitative estimate of drug-likeness (QED) is 0.849. The monoisotopic (exact) mass is 244 g/mol. The van der Waals surface area contributed by atoms with E-state index in [4.69, 9.17) is 10.2 Å². The molecule has 2 N–H and O–H groups in total. The average Bonchev–Trinajstić information content (AvgIpc) is 2.39. The van der Waals surface area contributed by atoms with Gasteiger partial charge in [0.2, 0.25) is 0 Å². The van der Waals surface area contributed by atoms with Crippen molar-refractivity contribution in [2.75, 3.05) is 0 Å². The van der Waals surface area contributed by atoms with Gasteiger partial charge in [-0.1, -0.05) is 6.07 Å². The lowest BCUT2D eigenvalue weighted by Crippen LogP contribution is -2.07. The number of aromatic nitrogens is 2. The molecule has 18 heavy (non-hydrogen) atoms. The highest BCUT2D eigenvalue weighted by Gasteiger charge is 2.16. The van der Waals surface area contributed by atoms with Crippen molar-refractivity contribution >= 4 is 11.9 Å². The predicted octanol–water partition coefficient (Wildman–Crippen LogP) is 1.54. The molecule has 0 aliphatic carbocycles. The van der Waals surface area contributed by atoms with Crippen molar-refractivity contribution in [1.82, 2.24) is 9.97 Å². The van der Waals surface area contributed by atoms with Crippen LogP contribution in [0, 0.1) is 0 Å². The number of pyridine rings is 2. The van der Waals surface area contributed by atoms with E-state index in [1.807, 2.05) is 0 Å². The van der Waals surface area contributed by atoms with E-state index < -0.39 is 11.9 Å². The maximum absolute atomic E-state index is 11.1. The summed E-state index contributed by atoms with van der Waals surface area (Å²) < 4.78 is 0. The molecular formula is C12H8N2O4. The Bertz CT molecular complexity index is 611. The van der Waals surface area contributed by atoms with Crippen molar-refractivity contribution in [1.29, 1.82) is 0 Å². The lowest BCUT2D eigenvalue weighted by molar-refractivity contribution is 0.0690. The largest absolute Gasteiger partial charge is 0.478 e. The van der Waals surface area contributed by atoms with E-state index in [0.717, 1.165) is 6.07 Å². The van der Waals surface area contributed by atoms with E-state index >= 15 is 0 Å². The van der Waals surface area contributed by atoms with Crippen LogP contribution in [0.25, 0.3) is 11.3 Å². The fourth-order valence-electron chi connectivity index (χ4n) is 1.48. The Balaban J connectivity index is 2.61. The number of hydrogen-bond acceptors (Lipinski definition) is 4. The van der Waals surface area contributed by atoms with Gasteiger partial charge in [-0.05, 0) is 18.2 Å². The molecule has 2 aromatic rings. The maximum atomic E-state index is 11.1. The van der Waals surface area contributed by atoms with E-state index in [9.17, 15) is 9.59 Å². The van der Waals surface area contributed by atoms with Crippen molar-refractivity contribution in [2.45, 2.75) is 0 Å². The molecule has 0 saturated heterocycles. The predicted molar refractivity (Wildman–Crippen MR) is 61.4 cm³/mol. The summed E-state index contributed by atoms with van der Waals surface area (Å²) in [5.74, 6) is -2.49. The number of carbonyl (C=O) groups is 2. The number of hydrogen-bond donors (Lipinski definition) is 2. The molecule has 0 saturated carbocycles. The van der Waals surface area contributed by atoms with Gasteiger partial charge in [-0.2, -0.15) is 0 Å². The van der Waals surface area contributed by atoms with Gasteiger partial charge in [0.1, 0.15) is 5.69 Å². The molecular weight excluding hydrogens is 236 g/mol. The van der Waals surface area contributed by atoms with Crippen molar-refractivity contribution in [3.63, 3.8) is 0 Å². The third-order valence-electron chi connectivity index (χ3n) is 2.29. The maximum Gasteiger partial charge on any atom is 0.354 e. The van der Waals surface area contributed by atoms with Gasteiger partial charge in [0.15, 0.2) is 0 Å². The summed E-state index contributed by atoms with van der Waals surface area (Å²) in [6, 6.07) is 6.06. The van der Waals surface area contributed by atoms with Gasteiger partial charge in [-0.25, -0.2) is 14.6 Å². The molecule has 6 nitrogen and oxygen atoms in total.